The van der Waals surface area contributed by atoms with Crippen molar-refractivity contribution in [3.63, 3.8) is 0 Å². The third-order valence-corrected chi connectivity index (χ3v) is 2.17. The van der Waals surface area contributed by atoms with Gasteiger partial charge >= 0.3 is 23.9 Å². The fourth-order valence-corrected chi connectivity index (χ4v) is 1.48. The zero-order valence-electron chi connectivity index (χ0n) is 11.1. The zero-order chi connectivity index (χ0) is 15.7. The molecule has 0 aliphatic rings. The molecule has 0 spiro atoms. The Hall–Kier alpha value is -2.24. The smallest absolute Gasteiger partial charge is 0.317 e. The summed E-state index contributed by atoms with van der Waals surface area (Å²) in [4.78, 5) is 44.4. The molecule has 11 heteroatoms. The van der Waals surface area contributed by atoms with Gasteiger partial charge in [-0.25, -0.2) is 0 Å². The van der Waals surface area contributed by atoms with E-state index in [1.54, 1.807) is 0 Å². The molecule has 6 N–H and O–H groups in total. The largest absolute Gasteiger partial charge is 0.480 e. The Kier molecular flexibility index (Phi) is 10.6. The molecule has 21 heavy (non-hydrogen) atoms. The quantitative estimate of drug-likeness (QED) is 0.308. The summed E-state index contributed by atoms with van der Waals surface area (Å²) in [5.41, 5.74) is 0. The summed E-state index contributed by atoms with van der Waals surface area (Å²) in [7, 11) is 0. The lowest BCUT2D eigenvalue weighted by Crippen LogP contribution is -2.43. The van der Waals surface area contributed by atoms with Crippen molar-refractivity contribution in [3.8, 4) is 0 Å². The molecule has 122 valence electrons. The highest BCUT2D eigenvalue weighted by Crippen LogP contribution is 1.94. The lowest BCUT2D eigenvalue weighted by atomic mass is 10.4. The van der Waals surface area contributed by atoms with Gasteiger partial charge in [-0.3, -0.25) is 29.0 Å². The molecule has 0 aromatic rings. The van der Waals surface area contributed by atoms with Gasteiger partial charge in [-0.1, -0.05) is 0 Å². The Bertz CT molecular complexity index is 317. The van der Waals surface area contributed by atoms with Crippen molar-refractivity contribution in [1.29, 1.82) is 0 Å². The molecule has 0 aromatic carbocycles. The van der Waals surface area contributed by atoms with Gasteiger partial charge < -0.3 is 25.9 Å². The van der Waals surface area contributed by atoms with E-state index < -0.39 is 50.1 Å². The van der Waals surface area contributed by atoms with Crippen LogP contribution >= 0.6 is 0 Å². The highest BCUT2D eigenvalue weighted by molar-refractivity contribution is 5.73. The standard InChI is InChI=1S/C10H16N2O8.H2O/c13-7(14)3-11(4-8(15)16)1-2-12(5-9(17)18)6-10(19)20;/h1-6H2,(H,13,14)(H,15,16)(H,17,18)(H,19,20);1H2. The van der Waals surface area contributed by atoms with Crippen molar-refractivity contribution in [1.82, 2.24) is 9.80 Å². The lowest BCUT2D eigenvalue weighted by Gasteiger charge is -2.23. The molecular formula is C10H18N2O9. The number of hydrogen-bond donors (Lipinski definition) is 4. The Morgan fingerprint density at radius 1 is 0.571 bits per heavy atom. The normalized spacial score (nSPS) is 10.2. The van der Waals surface area contributed by atoms with Gasteiger partial charge in [-0.05, 0) is 0 Å². The van der Waals surface area contributed by atoms with Crippen molar-refractivity contribution >= 4 is 23.9 Å². The first-order valence-electron chi connectivity index (χ1n) is 5.52. The molecule has 0 bridgehead atoms. The van der Waals surface area contributed by atoms with Crippen molar-refractivity contribution in [3.05, 3.63) is 0 Å². The number of nitrogens with zero attached hydrogens (tertiary/aromatic N) is 2. The molecule has 0 amide bonds. The van der Waals surface area contributed by atoms with Gasteiger partial charge in [0.2, 0.25) is 0 Å². The Morgan fingerprint density at radius 3 is 0.905 bits per heavy atom. The number of carboxylic acid groups (broad SMARTS) is 4. The van der Waals surface area contributed by atoms with Crippen molar-refractivity contribution < 1.29 is 45.1 Å². The van der Waals surface area contributed by atoms with Crippen LogP contribution in [0, 0.1) is 0 Å². The van der Waals surface area contributed by atoms with E-state index in [0.717, 1.165) is 9.80 Å². The first-order chi connectivity index (χ1) is 9.20. The fraction of sp³-hybridized carbons (Fsp3) is 0.600. The van der Waals surface area contributed by atoms with Gasteiger partial charge in [-0.15, -0.1) is 0 Å². The Labute approximate surface area is 119 Å². The minimum absolute atomic E-state index is 0. The van der Waals surface area contributed by atoms with Crippen LogP contribution < -0.4 is 0 Å². The van der Waals surface area contributed by atoms with E-state index in [9.17, 15) is 19.2 Å². The van der Waals surface area contributed by atoms with E-state index >= 15 is 0 Å². The number of carbonyl (C=O) groups is 4. The van der Waals surface area contributed by atoms with Gasteiger partial charge in [0, 0.05) is 13.1 Å². The molecule has 0 aromatic heterocycles. The maximum Gasteiger partial charge on any atom is 0.317 e. The second-order valence-electron chi connectivity index (χ2n) is 4.00. The molecule has 0 fully saturated rings. The fourth-order valence-electron chi connectivity index (χ4n) is 1.48. The van der Waals surface area contributed by atoms with E-state index in [1.165, 1.54) is 0 Å². The molecule has 0 saturated carbocycles. The van der Waals surface area contributed by atoms with Crippen LogP contribution in [0.5, 0.6) is 0 Å². The third-order valence-electron chi connectivity index (χ3n) is 2.17. The molecule has 0 saturated heterocycles. The monoisotopic (exact) mass is 310 g/mol. The van der Waals surface area contributed by atoms with Gasteiger partial charge in [0.15, 0.2) is 0 Å². The first-order valence-corrected chi connectivity index (χ1v) is 5.52. The summed E-state index contributed by atoms with van der Waals surface area (Å²) in [6.45, 7) is -2.25. The summed E-state index contributed by atoms with van der Waals surface area (Å²) in [5, 5.41) is 34.5. The number of aliphatic carboxylic acids is 4. The maximum absolute atomic E-state index is 10.6. The predicted octanol–water partition coefficient (Wildman–Crippen LogP) is -2.90. The molecule has 0 rings (SSSR count). The SMILES string of the molecule is O.O=C(O)CN(CCN(CC(=O)O)CC(=O)O)CC(=O)O. The average molecular weight is 310 g/mol. The summed E-state index contributed by atoms with van der Waals surface area (Å²) < 4.78 is 0. The topological polar surface area (TPSA) is 187 Å². The second-order valence-corrected chi connectivity index (χ2v) is 4.00. The Balaban J connectivity index is 0. The minimum atomic E-state index is -1.23. The van der Waals surface area contributed by atoms with E-state index in [1.807, 2.05) is 0 Å². The molecule has 0 aliphatic heterocycles. The summed E-state index contributed by atoms with van der Waals surface area (Å²) in [6, 6.07) is 0. The summed E-state index contributed by atoms with van der Waals surface area (Å²) in [5.74, 6) is -4.91. The maximum atomic E-state index is 10.6. The number of rotatable bonds is 11. The van der Waals surface area contributed by atoms with E-state index in [0.29, 0.717) is 0 Å². The molecule has 0 radical (unpaired) electrons. The van der Waals surface area contributed by atoms with Crippen LogP contribution in [0.2, 0.25) is 0 Å². The lowest BCUT2D eigenvalue weighted by molar-refractivity contribution is -0.145. The first kappa shape index (κ1) is 21.1. The third kappa shape index (κ3) is 12.5. The number of carboxylic acids is 4. The van der Waals surface area contributed by atoms with Gasteiger partial charge in [0.25, 0.3) is 0 Å². The number of hydrogen-bond acceptors (Lipinski definition) is 6. The van der Waals surface area contributed by atoms with Gasteiger partial charge in [0.05, 0.1) is 26.2 Å². The highest BCUT2D eigenvalue weighted by atomic mass is 16.4. The van der Waals surface area contributed by atoms with Crippen molar-refractivity contribution in [2.75, 3.05) is 39.3 Å². The van der Waals surface area contributed by atoms with Crippen LogP contribution in [-0.4, -0.2) is 98.8 Å². The summed E-state index contributed by atoms with van der Waals surface area (Å²) in [6.07, 6.45) is 0. The summed E-state index contributed by atoms with van der Waals surface area (Å²) >= 11 is 0. The predicted molar refractivity (Wildman–Crippen MR) is 67.0 cm³/mol. The van der Waals surface area contributed by atoms with Crippen LogP contribution in [0.25, 0.3) is 0 Å². The second kappa shape index (κ2) is 10.5. The van der Waals surface area contributed by atoms with E-state index in [2.05, 4.69) is 0 Å². The van der Waals surface area contributed by atoms with E-state index in [4.69, 9.17) is 20.4 Å². The Morgan fingerprint density at radius 2 is 0.762 bits per heavy atom. The van der Waals surface area contributed by atoms with Crippen LogP contribution in [0.15, 0.2) is 0 Å². The minimum Gasteiger partial charge on any atom is -0.480 e. The van der Waals surface area contributed by atoms with Crippen LogP contribution in [-0.2, 0) is 19.2 Å². The van der Waals surface area contributed by atoms with Crippen LogP contribution in [0.3, 0.4) is 0 Å². The van der Waals surface area contributed by atoms with Crippen LogP contribution in [0.1, 0.15) is 0 Å². The van der Waals surface area contributed by atoms with Crippen LogP contribution in [0.4, 0.5) is 0 Å². The molecule has 0 heterocycles. The molecule has 0 atom stereocenters. The highest BCUT2D eigenvalue weighted by Gasteiger charge is 2.17. The molecular weight excluding hydrogens is 292 g/mol. The van der Waals surface area contributed by atoms with Gasteiger partial charge in [-0.2, -0.15) is 0 Å². The van der Waals surface area contributed by atoms with Gasteiger partial charge in [0.1, 0.15) is 0 Å². The molecule has 0 aliphatic carbocycles. The van der Waals surface area contributed by atoms with Crippen molar-refractivity contribution in [2.24, 2.45) is 0 Å². The zero-order valence-corrected chi connectivity index (χ0v) is 11.1. The van der Waals surface area contributed by atoms with Crippen molar-refractivity contribution in [2.45, 2.75) is 0 Å². The van der Waals surface area contributed by atoms with E-state index in [-0.39, 0.29) is 18.6 Å². The molecule has 0 unspecified atom stereocenters. The average Bonchev–Trinajstić information content (AvgIpc) is 2.22. The molecule has 11 nitrogen and oxygen atoms in total.